The van der Waals surface area contributed by atoms with Gasteiger partial charge in [-0.2, -0.15) is 0 Å². The summed E-state index contributed by atoms with van der Waals surface area (Å²) in [7, 11) is 1.59. The average Bonchev–Trinajstić information content (AvgIpc) is 2.85. The summed E-state index contributed by atoms with van der Waals surface area (Å²) >= 11 is 7.03. The van der Waals surface area contributed by atoms with Gasteiger partial charge < -0.3 is 15.4 Å². The Hall–Kier alpha value is -1.11. The molecule has 2 rings (SSSR count). The zero-order valence-corrected chi connectivity index (χ0v) is 13.5. The van der Waals surface area contributed by atoms with E-state index < -0.39 is 0 Å². The third-order valence-electron chi connectivity index (χ3n) is 3.36. The molecular formula is C14H19ClN2O3S. The predicted octanol–water partition coefficient (Wildman–Crippen LogP) is 2.18. The first-order valence-electron chi connectivity index (χ1n) is 6.94. The lowest BCUT2D eigenvalue weighted by Crippen LogP contribution is -2.28. The largest absolute Gasteiger partial charge is 0.383 e. The molecule has 0 aliphatic heterocycles. The molecule has 1 aliphatic carbocycles. The molecule has 0 fully saturated rings. The molecule has 2 amide bonds. The van der Waals surface area contributed by atoms with Crippen LogP contribution in [0.2, 0.25) is 0 Å². The average molecular weight is 331 g/mol. The van der Waals surface area contributed by atoms with E-state index in [-0.39, 0.29) is 17.7 Å². The van der Waals surface area contributed by atoms with Crippen molar-refractivity contribution in [3.8, 4) is 0 Å². The number of alkyl halides is 1. The second kappa shape index (κ2) is 7.77. The first-order chi connectivity index (χ1) is 10.2. The summed E-state index contributed by atoms with van der Waals surface area (Å²) in [6.07, 6.45) is 4.05. The minimum Gasteiger partial charge on any atom is -0.383 e. The van der Waals surface area contributed by atoms with E-state index in [0.29, 0.717) is 23.7 Å². The molecule has 0 saturated carbocycles. The van der Waals surface area contributed by atoms with Gasteiger partial charge in [0.2, 0.25) is 5.91 Å². The van der Waals surface area contributed by atoms with Crippen molar-refractivity contribution in [3.05, 3.63) is 16.0 Å². The molecule has 0 spiro atoms. The zero-order chi connectivity index (χ0) is 15.2. The van der Waals surface area contributed by atoms with Crippen molar-refractivity contribution in [3.63, 3.8) is 0 Å². The maximum Gasteiger partial charge on any atom is 0.254 e. The van der Waals surface area contributed by atoms with Crippen LogP contribution in [-0.2, 0) is 22.4 Å². The van der Waals surface area contributed by atoms with Crippen LogP contribution in [0.1, 0.15) is 33.6 Å². The smallest absolute Gasteiger partial charge is 0.254 e. The first kappa shape index (κ1) is 16.3. The Morgan fingerprint density at radius 3 is 2.81 bits per heavy atom. The summed E-state index contributed by atoms with van der Waals surface area (Å²) in [4.78, 5) is 25.1. The molecular weight excluding hydrogens is 312 g/mol. The van der Waals surface area contributed by atoms with Gasteiger partial charge in [0.15, 0.2) is 0 Å². The number of rotatable bonds is 6. The van der Waals surface area contributed by atoms with Gasteiger partial charge in [-0.3, -0.25) is 9.59 Å². The topological polar surface area (TPSA) is 67.4 Å². The number of anilines is 1. The molecule has 1 aliphatic rings. The van der Waals surface area contributed by atoms with E-state index in [1.54, 1.807) is 7.11 Å². The van der Waals surface area contributed by atoms with E-state index in [9.17, 15) is 9.59 Å². The number of fused-ring (bicyclic) bond motifs is 1. The Kier molecular flexibility index (Phi) is 6.02. The van der Waals surface area contributed by atoms with Crippen LogP contribution in [0.4, 0.5) is 5.00 Å². The summed E-state index contributed by atoms with van der Waals surface area (Å²) in [5.74, 6) is -0.564. The number of carbonyl (C=O) groups is 2. The Morgan fingerprint density at radius 1 is 1.33 bits per heavy atom. The van der Waals surface area contributed by atoms with E-state index in [1.165, 1.54) is 16.2 Å². The molecule has 7 heteroatoms. The number of amides is 2. The number of halogens is 1. The van der Waals surface area contributed by atoms with Crippen molar-refractivity contribution in [2.75, 3.05) is 31.5 Å². The van der Waals surface area contributed by atoms with Crippen molar-refractivity contribution in [2.45, 2.75) is 25.7 Å². The van der Waals surface area contributed by atoms with Crippen molar-refractivity contribution in [1.82, 2.24) is 5.32 Å². The lowest BCUT2D eigenvalue weighted by Gasteiger charge is -2.13. The number of carbonyl (C=O) groups excluding carboxylic acids is 2. The summed E-state index contributed by atoms with van der Waals surface area (Å²) in [6, 6.07) is 0. The number of hydrogen-bond donors (Lipinski definition) is 2. The number of ether oxygens (including phenoxy) is 1. The molecule has 0 aromatic carbocycles. The minimum atomic E-state index is -0.291. The van der Waals surface area contributed by atoms with Gasteiger partial charge in [0.1, 0.15) is 10.9 Å². The van der Waals surface area contributed by atoms with Crippen LogP contribution in [0.5, 0.6) is 0 Å². The monoisotopic (exact) mass is 330 g/mol. The molecule has 5 nitrogen and oxygen atoms in total. The van der Waals surface area contributed by atoms with Gasteiger partial charge in [0.25, 0.3) is 5.91 Å². The fourth-order valence-corrected chi connectivity index (χ4v) is 3.78. The Bertz CT molecular complexity index is 531. The number of thiophene rings is 1. The standard InChI is InChI=1S/C14H19ClN2O3S/c1-20-7-6-16-13(19)12-9-4-2-3-5-10(9)21-14(12)17-11(18)8-15/h2-8H2,1H3,(H,16,19)(H,17,18). The Balaban J connectivity index is 2.24. The lowest BCUT2D eigenvalue weighted by atomic mass is 9.95. The van der Waals surface area contributed by atoms with Crippen molar-refractivity contribution >= 4 is 39.8 Å². The van der Waals surface area contributed by atoms with Gasteiger partial charge in [-0.25, -0.2) is 0 Å². The third kappa shape index (κ3) is 3.96. The zero-order valence-electron chi connectivity index (χ0n) is 12.0. The fourth-order valence-electron chi connectivity index (χ4n) is 2.41. The number of aryl methyl sites for hydroxylation is 1. The van der Waals surface area contributed by atoms with E-state index in [0.717, 1.165) is 31.2 Å². The molecule has 0 atom stereocenters. The molecule has 2 N–H and O–H groups in total. The minimum absolute atomic E-state index is 0.118. The van der Waals surface area contributed by atoms with Gasteiger partial charge in [0.05, 0.1) is 12.2 Å². The molecule has 0 bridgehead atoms. The Morgan fingerprint density at radius 2 is 2.10 bits per heavy atom. The highest BCUT2D eigenvalue weighted by atomic mass is 35.5. The van der Waals surface area contributed by atoms with Crippen molar-refractivity contribution in [1.29, 1.82) is 0 Å². The van der Waals surface area contributed by atoms with Gasteiger partial charge in [0, 0.05) is 18.5 Å². The van der Waals surface area contributed by atoms with Crippen LogP contribution < -0.4 is 10.6 Å². The van der Waals surface area contributed by atoms with Crippen molar-refractivity contribution < 1.29 is 14.3 Å². The van der Waals surface area contributed by atoms with Gasteiger partial charge in [-0.15, -0.1) is 22.9 Å². The Labute approximate surface area is 133 Å². The quantitative estimate of drug-likeness (QED) is 0.620. The van der Waals surface area contributed by atoms with Gasteiger partial charge >= 0.3 is 0 Å². The third-order valence-corrected chi connectivity index (χ3v) is 4.81. The summed E-state index contributed by atoms with van der Waals surface area (Å²) in [5.41, 5.74) is 1.68. The molecule has 0 radical (unpaired) electrons. The maximum absolute atomic E-state index is 12.4. The van der Waals surface area contributed by atoms with Crippen LogP contribution in [0.3, 0.4) is 0 Å². The number of nitrogens with one attached hydrogen (secondary N) is 2. The first-order valence-corrected chi connectivity index (χ1v) is 8.30. The molecule has 1 heterocycles. The van der Waals surface area contributed by atoms with Gasteiger partial charge in [-0.1, -0.05) is 0 Å². The lowest BCUT2D eigenvalue weighted by molar-refractivity contribution is -0.113. The second-order valence-electron chi connectivity index (χ2n) is 4.85. The highest BCUT2D eigenvalue weighted by molar-refractivity contribution is 7.17. The molecule has 1 aromatic heterocycles. The van der Waals surface area contributed by atoms with Crippen LogP contribution in [-0.4, -0.2) is 38.0 Å². The normalized spacial score (nSPS) is 13.6. The van der Waals surface area contributed by atoms with Crippen LogP contribution in [0.25, 0.3) is 0 Å². The molecule has 0 unspecified atom stereocenters. The van der Waals surface area contributed by atoms with Crippen LogP contribution in [0.15, 0.2) is 0 Å². The summed E-state index contributed by atoms with van der Waals surface area (Å²) < 4.78 is 4.94. The van der Waals surface area contributed by atoms with E-state index in [4.69, 9.17) is 16.3 Å². The van der Waals surface area contributed by atoms with Crippen LogP contribution in [0, 0.1) is 0 Å². The molecule has 21 heavy (non-hydrogen) atoms. The van der Waals surface area contributed by atoms with Crippen molar-refractivity contribution in [2.24, 2.45) is 0 Å². The second-order valence-corrected chi connectivity index (χ2v) is 6.22. The maximum atomic E-state index is 12.4. The highest BCUT2D eigenvalue weighted by Gasteiger charge is 2.25. The molecule has 116 valence electrons. The molecule has 0 saturated heterocycles. The van der Waals surface area contributed by atoms with Gasteiger partial charge in [-0.05, 0) is 31.2 Å². The number of methoxy groups -OCH3 is 1. The molecule has 1 aromatic rings. The SMILES string of the molecule is COCCNC(=O)c1c(NC(=O)CCl)sc2c1CCCC2. The summed E-state index contributed by atoms with van der Waals surface area (Å²) in [5, 5.41) is 6.18. The van der Waals surface area contributed by atoms with E-state index in [1.807, 2.05) is 0 Å². The van der Waals surface area contributed by atoms with E-state index in [2.05, 4.69) is 10.6 Å². The predicted molar refractivity (Wildman–Crippen MR) is 84.5 cm³/mol. The van der Waals surface area contributed by atoms with Crippen LogP contribution >= 0.6 is 22.9 Å². The highest BCUT2D eigenvalue weighted by Crippen LogP contribution is 2.38. The number of hydrogen-bond acceptors (Lipinski definition) is 4. The summed E-state index contributed by atoms with van der Waals surface area (Å²) in [6.45, 7) is 0.907. The van der Waals surface area contributed by atoms with E-state index >= 15 is 0 Å². The fraction of sp³-hybridized carbons (Fsp3) is 0.571.